The predicted octanol–water partition coefficient (Wildman–Crippen LogP) is 1.05. The fourth-order valence-corrected chi connectivity index (χ4v) is 2.44. The predicted molar refractivity (Wildman–Crippen MR) is 49.1 cm³/mol. The van der Waals surface area contributed by atoms with Gasteiger partial charge in [0, 0.05) is 19.1 Å². The molecule has 2 saturated heterocycles. The normalized spacial score (nSPS) is 38.4. The van der Waals surface area contributed by atoms with Crippen LogP contribution in [-0.2, 0) is 14.3 Å². The highest BCUT2D eigenvalue weighted by atomic mass is 16.5. The van der Waals surface area contributed by atoms with Gasteiger partial charge in [0.15, 0.2) is 5.60 Å². The molecule has 0 aromatic rings. The summed E-state index contributed by atoms with van der Waals surface area (Å²) in [6.07, 6.45) is 3.34. The van der Waals surface area contributed by atoms with Gasteiger partial charge >= 0.3 is 5.97 Å². The van der Waals surface area contributed by atoms with Crippen molar-refractivity contribution in [3.05, 3.63) is 0 Å². The van der Waals surface area contributed by atoms with E-state index in [9.17, 15) is 9.90 Å². The van der Waals surface area contributed by atoms with Crippen molar-refractivity contribution in [1.82, 2.24) is 0 Å². The van der Waals surface area contributed by atoms with Gasteiger partial charge in [-0.25, -0.2) is 4.79 Å². The fraction of sp³-hybridized carbons (Fsp3) is 0.900. The average Bonchev–Trinajstić information content (AvgIpc) is 2.69. The Kier molecular flexibility index (Phi) is 2.74. The largest absolute Gasteiger partial charge is 0.479 e. The summed E-state index contributed by atoms with van der Waals surface area (Å²) in [5.41, 5.74) is -0.944. The minimum Gasteiger partial charge on any atom is -0.479 e. The zero-order valence-corrected chi connectivity index (χ0v) is 8.20. The van der Waals surface area contributed by atoms with Crippen molar-refractivity contribution in [3.8, 4) is 0 Å². The third-order valence-electron chi connectivity index (χ3n) is 3.23. The Morgan fingerprint density at radius 2 is 2.21 bits per heavy atom. The first-order chi connectivity index (χ1) is 6.76. The lowest BCUT2D eigenvalue weighted by Crippen LogP contribution is -2.48. The maximum atomic E-state index is 11.2. The molecule has 0 saturated carbocycles. The molecule has 4 nitrogen and oxygen atoms in total. The molecule has 2 atom stereocenters. The van der Waals surface area contributed by atoms with Crippen molar-refractivity contribution in [2.45, 2.75) is 31.3 Å². The fourth-order valence-electron chi connectivity index (χ4n) is 2.44. The van der Waals surface area contributed by atoms with Crippen LogP contribution < -0.4 is 0 Å². The molecule has 2 aliphatic heterocycles. The van der Waals surface area contributed by atoms with Crippen LogP contribution in [0.1, 0.15) is 25.7 Å². The van der Waals surface area contributed by atoms with Crippen molar-refractivity contribution in [1.29, 1.82) is 0 Å². The minimum absolute atomic E-state index is 0.0382. The van der Waals surface area contributed by atoms with Crippen LogP contribution in [0.2, 0.25) is 0 Å². The van der Waals surface area contributed by atoms with E-state index in [-0.39, 0.29) is 5.92 Å². The number of hydrogen-bond donors (Lipinski definition) is 1. The van der Waals surface area contributed by atoms with Crippen LogP contribution in [0.25, 0.3) is 0 Å². The van der Waals surface area contributed by atoms with Gasteiger partial charge in [-0.05, 0) is 25.7 Å². The highest BCUT2D eigenvalue weighted by molar-refractivity contribution is 5.78. The van der Waals surface area contributed by atoms with E-state index in [0.717, 1.165) is 25.9 Å². The monoisotopic (exact) mass is 200 g/mol. The molecular formula is C10H16O4. The number of carboxylic acids is 1. The van der Waals surface area contributed by atoms with E-state index in [1.807, 2.05) is 0 Å². The highest BCUT2D eigenvalue weighted by Crippen LogP contribution is 2.37. The second kappa shape index (κ2) is 3.87. The van der Waals surface area contributed by atoms with Gasteiger partial charge in [-0.15, -0.1) is 0 Å². The van der Waals surface area contributed by atoms with Crippen LogP contribution in [-0.4, -0.2) is 36.5 Å². The summed E-state index contributed by atoms with van der Waals surface area (Å²) in [5, 5.41) is 9.24. The molecule has 2 unspecified atom stereocenters. The van der Waals surface area contributed by atoms with E-state index in [2.05, 4.69) is 0 Å². The molecule has 1 N–H and O–H groups in total. The molecule has 0 bridgehead atoms. The molecule has 2 rings (SSSR count). The van der Waals surface area contributed by atoms with Gasteiger partial charge in [0.25, 0.3) is 0 Å². The van der Waals surface area contributed by atoms with Crippen LogP contribution in [0.3, 0.4) is 0 Å². The summed E-state index contributed by atoms with van der Waals surface area (Å²) in [4.78, 5) is 11.2. The zero-order chi connectivity index (χ0) is 10.0. The molecule has 2 fully saturated rings. The number of aliphatic carboxylic acids is 1. The van der Waals surface area contributed by atoms with Gasteiger partial charge in [-0.2, -0.15) is 0 Å². The van der Waals surface area contributed by atoms with Crippen molar-refractivity contribution in [3.63, 3.8) is 0 Å². The zero-order valence-electron chi connectivity index (χ0n) is 8.20. The third-order valence-corrected chi connectivity index (χ3v) is 3.23. The van der Waals surface area contributed by atoms with Crippen LogP contribution in [0.5, 0.6) is 0 Å². The first kappa shape index (κ1) is 9.93. The van der Waals surface area contributed by atoms with Gasteiger partial charge in [0.1, 0.15) is 0 Å². The summed E-state index contributed by atoms with van der Waals surface area (Å²) < 4.78 is 10.8. The lowest BCUT2D eigenvalue weighted by atomic mass is 9.81. The van der Waals surface area contributed by atoms with Crippen molar-refractivity contribution < 1.29 is 19.4 Å². The maximum Gasteiger partial charge on any atom is 0.336 e. The van der Waals surface area contributed by atoms with Crippen LogP contribution in [0, 0.1) is 5.92 Å². The lowest BCUT2D eigenvalue weighted by molar-refractivity contribution is -0.173. The molecular weight excluding hydrogens is 184 g/mol. The van der Waals surface area contributed by atoms with Crippen molar-refractivity contribution in [2.75, 3.05) is 19.8 Å². The summed E-state index contributed by atoms with van der Waals surface area (Å²) in [6, 6.07) is 0. The molecule has 0 spiro atoms. The van der Waals surface area contributed by atoms with E-state index in [4.69, 9.17) is 9.47 Å². The number of hydrogen-bond acceptors (Lipinski definition) is 3. The third kappa shape index (κ3) is 1.53. The molecule has 80 valence electrons. The molecule has 4 heteroatoms. The highest BCUT2D eigenvalue weighted by Gasteiger charge is 2.49. The summed E-state index contributed by atoms with van der Waals surface area (Å²) in [5.74, 6) is -0.776. The van der Waals surface area contributed by atoms with Crippen LogP contribution >= 0.6 is 0 Å². The molecule has 2 aliphatic rings. The molecule has 0 aromatic heterocycles. The maximum absolute atomic E-state index is 11.2. The number of ether oxygens (including phenoxy) is 2. The number of rotatable bonds is 2. The molecule has 2 heterocycles. The second-order valence-corrected chi connectivity index (χ2v) is 4.06. The van der Waals surface area contributed by atoms with E-state index >= 15 is 0 Å². The first-order valence-electron chi connectivity index (χ1n) is 5.21. The first-order valence-corrected chi connectivity index (χ1v) is 5.21. The molecule has 0 radical (unpaired) electrons. The molecule has 14 heavy (non-hydrogen) atoms. The van der Waals surface area contributed by atoms with Crippen molar-refractivity contribution in [2.24, 2.45) is 5.92 Å². The molecule has 0 amide bonds. The Morgan fingerprint density at radius 1 is 1.36 bits per heavy atom. The van der Waals surface area contributed by atoms with E-state index in [1.165, 1.54) is 0 Å². The SMILES string of the molecule is O=C(O)C1(C2CCCOC2)CCCO1. The van der Waals surface area contributed by atoms with E-state index in [1.54, 1.807) is 0 Å². The minimum atomic E-state index is -0.944. The topological polar surface area (TPSA) is 55.8 Å². The van der Waals surface area contributed by atoms with Gasteiger partial charge in [0.2, 0.25) is 0 Å². The van der Waals surface area contributed by atoms with Gasteiger partial charge in [0.05, 0.1) is 6.61 Å². The Bertz CT molecular complexity index is 214. The Labute approximate surface area is 83.2 Å². The Hall–Kier alpha value is -0.610. The quantitative estimate of drug-likeness (QED) is 0.723. The number of carbonyl (C=O) groups is 1. The van der Waals surface area contributed by atoms with Gasteiger partial charge in [-0.1, -0.05) is 0 Å². The smallest absolute Gasteiger partial charge is 0.336 e. The van der Waals surface area contributed by atoms with E-state index < -0.39 is 11.6 Å². The van der Waals surface area contributed by atoms with Gasteiger partial charge in [-0.3, -0.25) is 0 Å². The van der Waals surface area contributed by atoms with Crippen molar-refractivity contribution >= 4 is 5.97 Å². The number of carboxylic acid groups (broad SMARTS) is 1. The lowest BCUT2D eigenvalue weighted by Gasteiger charge is -2.35. The van der Waals surface area contributed by atoms with Crippen LogP contribution in [0.4, 0.5) is 0 Å². The summed E-state index contributed by atoms with van der Waals surface area (Å²) >= 11 is 0. The molecule has 0 aromatic carbocycles. The average molecular weight is 200 g/mol. The van der Waals surface area contributed by atoms with E-state index in [0.29, 0.717) is 19.6 Å². The van der Waals surface area contributed by atoms with Gasteiger partial charge < -0.3 is 14.6 Å². The summed E-state index contributed by atoms with van der Waals surface area (Å²) in [7, 11) is 0. The Morgan fingerprint density at radius 3 is 2.71 bits per heavy atom. The second-order valence-electron chi connectivity index (χ2n) is 4.06. The molecule has 0 aliphatic carbocycles. The summed E-state index contributed by atoms with van der Waals surface area (Å²) in [6.45, 7) is 1.86. The van der Waals surface area contributed by atoms with Crippen LogP contribution in [0.15, 0.2) is 0 Å². The Balaban J connectivity index is 2.12. The standard InChI is InChI=1S/C10H16O4/c11-9(12)10(4-2-6-14-10)8-3-1-5-13-7-8/h8H,1-7H2,(H,11,12).